The molecule has 0 atom stereocenters. The van der Waals surface area contributed by atoms with E-state index in [1.807, 2.05) is 20.8 Å². The van der Waals surface area contributed by atoms with Gasteiger partial charge in [-0.3, -0.25) is 0 Å². The van der Waals surface area contributed by atoms with Crippen molar-refractivity contribution in [1.82, 2.24) is 5.06 Å². The Morgan fingerprint density at radius 3 is 2.21 bits per heavy atom. The fourth-order valence-electron chi connectivity index (χ4n) is 3.67. The van der Waals surface area contributed by atoms with Crippen LogP contribution in [0.2, 0.25) is 0 Å². The Balaban J connectivity index is 1.65. The molecule has 7 heteroatoms. The van der Waals surface area contributed by atoms with E-state index in [-0.39, 0.29) is 22.9 Å². The highest BCUT2D eigenvalue weighted by atomic mass is 19.1. The number of nitrogens with zero attached hydrogens (tertiary/aromatic N) is 1. The molecule has 1 aliphatic carbocycles. The van der Waals surface area contributed by atoms with Crippen LogP contribution in [0.1, 0.15) is 96.0 Å². The molecule has 3 rings (SSSR count). The zero-order valence-corrected chi connectivity index (χ0v) is 21.0. The molecular formula is C26H38FNO5. The highest BCUT2D eigenvalue weighted by Crippen LogP contribution is 2.46. The first kappa shape index (κ1) is 25.5. The third kappa shape index (κ3) is 6.92. The van der Waals surface area contributed by atoms with Crippen LogP contribution < -0.4 is 4.74 Å². The summed E-state index contributed by atoms with van der Waals surface area (Å²) in [7, 11) is 0. The van der Waals surface area contributed by atoms with Crippen LogP contribution in [0.15, 0.2) is 12.1 Å². The molecule has 1 aliphatic heterocycles. The third-order valence-corrected chi connectivity index (χ3v) is 6.07. The monoisotopic (exact) mass is 463 g/mol. The molecule has 6 nitrogen and oxygen atoms in total. The lowest BCUT2D eigenvalue weighted by molar-refractivity contribution is -0.209. The van der Waals surface area contributed by atoms with Crippen molar-refractivity contribution in [3.63, 3.8) is 0 Å². The van der Waals surface area contributed by atoms with Gasteiger partial charge in [-0.15, -0.1) is 5.06 Å². The van der Waals surface area contributed by atoms with E-state index in [2.05, 4.69) is 6.92 Å². The maximum atomic E-state index is 14.8. The minimum Gasteiger partial charge on any atom is -0.493 e. The average molecular weight is 464 g/mol. The Bertz CT molecular complexity index is 887. The van der Waals surface area contributed by atoms with Crippen molar-refractivity contribution in [2.75, 3.05) is 19.7 Å². The lowest BCUT2D eigenvalue weighted by Crippen LogP contribution is -2.43. The molecule has 1 saturated heterocycles. The number of carbonyl (C=O) groups is 2. The fraction of sp³-hybridized carbons (Fsp3) is 0.692. The number of hydrogen-bond acceptors (Lipinski definition) is 6. The van der Waals surface area contributed by atoms with Gasteiger partial charge in [-0.05, 0) is 84.8 Å². The van der Waals surface area contributed by atoms with Crippen molar-refractivity contribution in [2.45, 2.75) is 85.7 Å². The van der Waals surface area contributed by atoms with Crippen molar-refractivity contribution in [2.24, 2.45) is 10.8 Å². The second-order valence-corrected chi connectivity index (χ2v) is 11.8. The number of hydroxylamine groups is 2. The van der Waals surface area contributed by atoms with Gasteiger partial charge in [0.2, 0.25) is 0 Å². The molecular weight excluding hydrogens is 425 g/mol. The molecule has 1 aromatic rings. The highest BCUT2D eigenvalue weighted by molar-refractivity contribution is 5.90. The van der Waals surface area contributed by atoms with E-state index in [0.29, 0.717) is 25.4 Å². The SMILES string of the molecule is CC1(COc2cc(F)c(C(=O)OC(C)(C)C)cc2C2CC2)CCN(OC(=O)C(C)(C)C)CC1. The minimum absolute atomic E-state index is 0.0423. The zero-order valence-electron chi connectivity index (χ0n) is 21.0. The van der Waals surface area contributed by atoms with Gasteiger partial charge in [-0.25, -0.2) is 14.0 Å². The molecule has 2 aliphatic rings. The number of carbonyl (C=O) groups excluding carboxylic acids is 2. The number of rotatable bonds is 6. The van der Waals surface area contributed by atoms with Crippen LogP contribution in [0.5, 0.6) is 5.75 Å². The Kier molecular flexibility index (Phi) is 7.13. The van der Waals surface area contributed by atoms with Gasteiger partial charge in [0.15, 0.2) is 0 Å². The van der Waals surface area contributed by atoms with E-state index >= 15 is 0 Å². The smallest absolute Gasteiger partial charge is 0.341 e. The summed E-state index contributed by atoms with van der Waals surface area (Å²) in [6.07, 6.45) is 3.59. The molecule has 0 aromatic heterocycles. The van der Waals surface area contributed by atoms with Gasteiger partial charge in [0.25, 0.3) is 0 Å². The van der Waals surface area contributed by atoms with Crippen LogP contribution >= 0.6 is 0 Å². The Hall–Kier alpha value is -2.15. The maximum absolute atomic E-state index is 14.8. The normalized spacial score (nSPS) is 19.2. The van der Waals surface area contributed by atoms with E-state index in [1.165, 1.54) is 6.07 Å². The topological polar surface area (TPSA) is 65.1 Å². The first-order chi connectivity index (χ1) is 15.2. The van der Waals surface area contributed by atoms with E-state index in [1.54, 1.807) is 31.9 Å². The number of benzene rings is 1. The van der Waals surface area contributed by atoms with Crippen molar-refractivity contribution in [3.05, 3.63) is 29.1 Å². The van der Waals surface area contributed by atoms with E-state index in [9.17, 15) is 14.0 Å². The highest BCUT2D eigenvalue weighted by Gasteiger charge is 2.36. The lowest BCUT2D eigenvalue weighted by atomic mass is 9.82. The van der Waals surface area contributed by atoms with Crippen LogP contribution in [0.3, 0.4) is 0 Å². The second kappa shape index (κ2) is 9.24. The summed E-state index contributed by atoms with van der Waals surface area (Å²) in [5.74, 6) is -0.731. The van der Waals surface area contributed by atoms with Gasteiger partial charge < -0.3 is 14.3 Å². The molecule has 0 amide bonds. The number of halogens is 1. The standard InChI is InChI=1S/C26H38FNO5/c1-24(2,3)23(30)33-28-12-10-26(7,11-13-28)16-31-21-15-20(27)19(14-18(21)17-8-9-17)22(29)32-25(4,5)6/h14-15,17H,8-13,16H2,1-7H3. The van der Waals surface area contributed by atoms with Crippen molar-refractivity contribution >= 4 is 11.9 Å². The summed E-state index contributed by atoms with van der Waals surface area (Å²) in [5.41, 5.74) is -0.523. The molecule has 0 spiro atoms. The second-order valence-electron chi connectivity index (χ2n) is 11.8. The lowest BCUT2D eigenvalue weighted by Gasteiger charge is -2.38. The Labute approximate surface area is 196 Å². The summed E-state index contributed by atoms with van der Waals surface area (Å²) in [6, 6.07) is 2.93. The summed E-state index contributed by atoms with van der Waals surface area (Å²) < 4.78 is 26.4. The molecule has 1 aromatic carbocycles. The number of esters is 1. The molecule has 0 radical (unpaired) electrons. The predicted octanol–water partition coefficient (Wildman–Crippen LogP) is 5.64. The largest absolute Gasteiger partial charge is 0.493 e. The van der Waals surface area contributed by atoms with Crippen LogP contribution in [0.4, 0.5) is 4.39 Å². The van der Waals surface area contributed by atoms with Gasteiger partial charge in [-0.1, -0.05) is 6.92 Å². The first-order valence-electron chi connectivity index (χ1n) is 11.8. The summed E-state index contributed by atoms with van der Waals surface area (Å²) in [5, 5.41) is 1.72. The van der Waals surface area contributed by atoms with Crippen molar-refractivity contribution in [3.8, 4) is 5.75 Å². The van der Waals surface area contributed by atoms with Crippen LogP contribution in [0, 0.1) is 16.6 Å². The third-order valence-electron chi connectivity index (χ3n) is 6.07. The van der Waals surface area contributed by atoms with Gasteiger partial charge in [0.05, 0.1) is 17.6 Å². The molecule has 0 bridgehead atoms. The molecule has 33 heavy (non-hydrogen) atoms. The molecule has 2 fully saturated rings. The van der Waals surface area contributed by atoms with E-state index in [4.69, 9.17) is 14.3 Å². The van der Waals surface area contributed by atoms with Crippen LogP contribution in [-0.4, -0.2) is 42.3 Å². The molecule has 184 valence electrons. The maximum Gasteiger partial charge on any atom is 0.341 e. The Morgan fingerprint density at radius 1 is 1.09 bits per heavy atom. The average Bonchev–Trinajstić information content (AvgIpc) is 3.51. The minimum atomic E-state index is -0.691. The van der Waals surface area contributed by atoms with E-state index < -0.39 is 22.8 Å². The quantitative estimate of drug-likeness (QED) is 0.509. The molecule has 1 heterocycles. The van der Waals surface area contributed by atoms with Gasteiger partial charge in [-0.2, -0.15) is 0 Å². The van der Waals surface area contributed by atoms with Crippen molar-refractivity contribution in [1.29, 1.82) is 0 Å². The van der Waals surface area contributed by atoms with Gasteiger partial charge in [0, 0.05) is 24.6 Å². The Morgan fingerprint density at radius 2 is 1.70 bits per heavy atom. The zero-order chi connectivity index (χ0) is 24.6. The first-order valence-corrected chi connectivity index (χ1v) is 11.8. The molecule has 0 N–H and O–H groups in total. The fourth-order valence-corrected chi connectivity index (χ4v) is 3.67. The predicted molar refractivity (Wildman–Crippen MR) is 123 cm³/mol. The summed E-state index contributed by atoms with van der Waals surface area (Å²) in [6.45, 7) is 14.6. The molecule has 1 saturated carbocycles. The summed E-state index contributed by atoms with van der Waals surface area (Å²) >= 11 is 0. The van der Waals surface area contributed by atoms with Crippen LogP contribution in [-0.2, 0) is 14.4 Å². The van der Waals surface area contributed by atoms with Gasteiger partial charge >= 0.3 is 11.9 Å². The van der Waals surface area contributed by atoms with E-state index in [0.717, 1.165) is 31.2 Å². The summed E-state index contributed by atoms with van der Waals surface area (Å²) in [4.78, 5) is 30.1. The molecule has 0 unspecified atom stereocenters. The number of ether oxygens (including phenoxy) is 2. The van der Waals surface area contributed by atoms with Crippen molar-refractivity contribution < 1.29 is 28.3 Å². The number of piperidine rings is 1. The van der Waals surface area contributed by atoms with Crippen LogP contribution in [0.25, 0.3) is 0 Å². The van der Waals surface area contributed by atoms with Gasteiger partial charge in [0.1, 0.15) is 17.2 Å². The number of hydrogen-bond donors (Lipinski definition) is 0.